The van der Waals surface area contributed by atoms with Gasteiger partial charge in [-0.3, -0.25) is 9.59 Å². The fourth-order valence-electron chi connectivity index (χ4n) is 2.85. The molecule has 0 aromatic heterocycles. The second-order valence-electron chi connectivity index (χ2n) is 5.64. The van der Waals surface area contributed by atoms with Crippen LogP contribution in [0.5, 0.6) is 0 Å². The zero-order chi connectivity index (χ0) is 16.8. The molecular weight excluding hydrogens is 308 g/mol. The van der Waals surface area contributed by atoms with Gasteiger partial charge in [-0.25, -0.2) is 0 Å². The van der Waals surface area contributed by atoms with Crippen molar-refractivity contribution in [2.75, 3.05) is 18.1 Å². The number of carbonyl (C=O) groups is 2. The van der Waals surface area contributed by atoms with Gasteiger partial charge in [0.1, 0.15) is 0 Å². The Labute approximate surface area is 142 Å². The second-order valence-corrected chi connectivity index (χ2v) is 7.22. The van der Waals surface area contributed by atoms with Gasteiger partial charge in [-0.15, -0.1) is 6.42 Å². The van der Waals surface area contributed by atoms with Gasteiger partial charge < -0.3 is 10.2 Å². The zero-order valence-electron chi connectivity index (χ0n) is 13.5. The summed E-state index contributed by atoms with van der Waals surface area (Å²) < 4.78 is 0. The number of terminal acetylenes is 1. The lowest BCUT2D eigenvalue weighted by Gasteiger charge is -2.24. The van der Waals surface area contributed by atoms with Crippen LogP contribution in [0.3, 0.4) is 0 Å². The Balaban J connectivity index is 1.94. The number of hydrogen-bond donors (Lipinski definition) is 1. The van der Waals surface area contributed by atoms with E-state index in [1.807, 2.05) is 11.8 Å². The first-order valence-electron chi connectivity index (χ1n) is 7.81. The van der Waals surface area contributed by atoms with E-state index >= 15 is 0 Å². The Hall–Kier alpha value is -1.93. The predicted molar refractivity (Wildman–Crippen MR) is 95.3 cm³/mol. The molecule has 1 aromatic rings. The monoisotopic (exact) mass is 330 g/mol. The molecule has 2 amide bonds. The molecule has 2 atom stereocenters. The topological polar surface area (TPSA) is 49.4 Å². The third-order valence-corrected chi connectivity index (χ3v) is 5.34. The summed E-state index contributed by atoms with van der Waals surface area (Å²) in [6, 6.07) is 7.06. The lowest BCUT2D eigenvalue weighted by atomic mass is 10.2. The molecule has 0 radical (unpaired) electrons. The number of carbonyl (C=O) groups excluding carboxylic acids is 2. The molecule has 0 aliphatic heterocycles. The van der Waals surface area contributed by atoms with E-state index in [1.165, 1.54) is 0 Å². The van der Waals surface area contributed by atoms with Gasteiger partial charge in [-0.2, -0.15) is 11.8 Å². The molecule has 4 nitrogen and oxygen atoms in total. The molecule has 0 bridgehead atoms. The number of amides is 2. The zero-order valence-corrected chi connectivity index (χ0v) is 14.4. The molecule has 23 heavy (non-hydrogen) atoms. The maximum Gasteiger partial charge on any atom is 0.313 e. The van der Waals surface area contributed by atoms with E-state index < -0.39 is 11.8 Å². The molecule has 0 spiro atoms. The Morgan fingerprint density at radius 2 is 2.22 bits per heavy atom. The van der Waals surface area contributed by atoms with E-state index in [0.29, 0.717) is 16.5 Å². The summed E-state index contributed by atoms with van der Waals surface area (Å²) in [5.41, 5.74) is 1.21. The standard InChI is InChI=1S/C18H22N2O2S/c1-4-13-7-6-8-14(11-13)19-17(21)18(22)20(3)15-9-10-16(12-15)23-5-2/h1,6-8,11,15-16H,5,9-10,12H2,2-3H3,(H,19,21)/t15-,16-/m0/s1. The summed E-state index contributed by atoms with van der Waals surface area (Å²) in [5.74, 6) is 2.48. The average molecular weight is 330 g/mol. The smallest absolute Gasteiger partial charge is 0.313 e. The number of thioether (sulfide) groups is 1. The second kappa shape index (κ2) is 8.07. The molecule has 1 aromatic carbocycles. The number of benzene rings is 1. The number of likely N-dealkylation sites (N-methyl/N-ethyl adjacent to an activating group) is 1. The third-order valence-electron chi connectivity index (χ3n) is 4.11. The van der Waals surface area contributed by atoms with E-state index in [4.69, 9.17) is 6.42 Å². The average Bonchev–Trinajstić information content (AvgIpc) is 3.02. The minimum absolute atomic E-state index is 0.148. The molecule has 2 rings (SSSR count). The first-order chi connectivity index (χ1) is 11.0. The summed E-state index contributed by atoms with van der Waals surface area (Å²) >= 11 is 1.93. The molecule has 1 aliphatic carbocycles. The lowest BCUT2D eigenvalue weighted by Crippen LogP contribution is -2.42. The maximum atomic E-state index is 12.3. The molecule has 0 heterocycles. The normalized spacial score (nSPS) is 19.9. The summed E-state index contributed by atoms with van der Waals surface area (Å²) in [5, 5.41) is 3.22. The van der Waals surface area contributed by atoms with Gasteiger partial charge in [-0.05, 0) is 43.2 Å². The van der Waals surface area contributed by atoms with Crippen LogP contribution >= 0.6 is 11.8 Å². The van der Waals surface area contributed by atoms with Crippen LogP contribution in [-0.4, -0.2) is 40.8 Å². The Morgan fingerprint density at radius 1 is 1.43 bits per heavy atom. The van der Waals surface area contributed by atoms with E-state index in [-0.39, 0.29) is 6.04 Å². The van der Waals surface area contributed by atoms with Crippen LogP contribution < -0.4 is 5.32 Å². The summed E-state index contributed by atoms with van der Waals surface area (Å²) in [7, 11) is 1.71. The highest BCUT2D eigenvalue weighted by molar-refractivity contribution is 7.99. The van der Waals surface area contributed by atoms with E-state index in [0.717, 1.165) is 25.0 Å². The lowest BCUT2D eigenvalue weighted by molar-refractivity contribution is -0.143. The van der Waals surface area contributed by atoms with Crippen LogP contribution in [0.2, 0.25) is 0 Å². The molecule has 1 aliphatic rings. The van der Waals surface area contributed by atoms with Crippen LogP contribution in [0.1, 0.15) is 31.7 Å². The van der Waals surface area contributed by atoms with E-state index in [9.17, 15) is 9.59 Å². The number of nitrogens with one attached hydrogen (secondary N) is 1. The number of rotatable bonds is 4. The van der Waals surface area contributed by atoms with Crippen LogP contribution in [0, 0.1) is 12.3 Å². The van der Waals surface area contributed by atoms with Crippen molar-refractivity contribution in [1.82, 2.24) is 4.90 Å². The first-order valence-corrected chi connectivity index (χ1v) is 8.86. The largest absolute Gasteiger partial charge is 0.334 e. The summed E-state index contributed by atoms with van der Waals surface area (Å²) in [4.78, 5) is 26.1. The van der Waals surface area contributed by atoms with Crippen molar-refractivity contribution in [2.45, 2.75) is 37.5 Å². The van der Waals surface area contributed by atoms with Crippen molar-refractivity contribution in [2.24, 2.45) is 0 Å². The maximum absolute atomic E-state index is 12.3. The van der Waals surface area contributed by atoms with Gasteiger partial charge in [0.05, 0.1) is 0 Å². The van der Waals surface area contributed by atoms with Gasteiger partial charge in [0.15, 0.2) is 0 Å². The van der Waals surface area contributed by atoms with Crippen molar-refractivity contribution >= 4 is 29.3 Å². The van der Waals surface area contributed by atoms with Gasteiger partial charge in [-0.1, -0.05) is 18.9 Å². The predicted octanol–water partition coefficient (Wildman–Crippen LogP) is 2.74. The quantitative estimate of drug-likeness (QED) is 0.682. The molecule has 1 saturated carbocycles. The molecule has 122 valence electrons. The number of anilines is 1. The van der Waals surface area contributed by atoms with Crippen molar-refractivity contribution in [3.05, 3.63) is 29.8 Å². The van der Waals surface area contributed by atoms with Gasteiger partial charge in [0, 0.05) is 29.6 Å². The van der Waals surface area contributed by atoms with Gasteiger partial charge >= 0.3 is 11.8 Å². The Bertz CT molecular complexity index is 624. The van der Waals surface area contributed by atoms with Crippen LogP contribution in [0.15, 0.2) is 24.3 Å². The van der Waals surface area contributed by atoms with Crippen LogP contribution in [-0.2, 0) is 9.59 Å². The highest BCUT2D eigenvalue weighted by Crippen LogP contribution is 2.32. The minimum atomic E-state index is -0.617. The molecule has 0 unspecified atom stereocenters. The van der Waals surface area contributed by atoms with Crippen molar-refractivity contribution < 1.29 is 9.59 Å². The Morgan fingerprint density at radius 3 is 2.91 bits per heavy atom. The number of nitrogens with zero attached hydrogens (tertiary/aromatic N) is 1. The van der Waals surface area contributed by atoms with Crippen molar-refractivity contribution in [1.29, 1.82) is 0 Å². The fraction of sp³-hybridized carbons (Fsp3) is 0.444. The van der Waals surface area contributed by atoms with E-state index in [1.54, 1.807) is 36.2 Å². The van der Waals surface area contributed by atoms with Gasteiger partial charge in [0.2, 0.25) is 0 Å². The molecular formula is C18H22N2O2S. The molecule has 5 heteroatoms. The number of hydrogen-bond acceptors (Lipinski definition) is 3. The first kappa shape index (κ1) is 17.4. The molecule has 1 fully saturated rings. The van der Waals surface area contributed by atoms with Crippen molar-refractivity contribution in [3.63, 3.8) is 0 Å². The van der Waals surface area contributed by atoms with Crippen molar-refractivity contribution in [3.8, 4) is 12.3 Å². The minimum Gasteiger partial charge on any atom is -0.334 e. The summed E-state index contributed by atoms with van der Waals surface area (Å²) in [6.45, 7) is 2.14. The van der Waals surface area contributed by atoms with Gasteiger partial charge in [0.25, 0.3) is 0 Å². The van der Waals surface area contributed by atoms with Crippen LogP contribution in [0.4, 0.5) is 5.69 Å². The van der Waals surface area contributed by atoms with Crippen LogP contribution in [0.25, 0.3) is 0 Å². The highest BCUT2D eigenvalue weighted by atomic mass is 32.2. The third kappa shape index (κ3) is 4.52. The molecule has 1 N–H and O–H groups in total. The summed E-state index contributed by atoms with van der Waals surface area (Å²) in [6.07, 6.45) is 8.36. The SMILES string of the molecule is C#Cc1cccc(NC(=O)C(=O)N(C)[C@H]2CC[C@H](SCC)C2)c1. The fourth-order valence-corrected chi connectivity index (χ4v) is 3.99. The molecule has 0 saturated heterocycles. The Kier molecular flexibility index (Phi) is 6.12. The van der Waals surface area contributed by atoms with E-state index in [2.05, 4.69) is 18.2 Å². The highest BCUT2D eigenvalue weighted by Gasteiger charge is 2.32.